The van der Waals surface area contributed by atoms with Gasteiger partial charge in [-0.25, -0.2) is 4.98 Å². The number of hydrogen-bond acceptors (Lipinski definition) is 7. The lowest BCUT2D eigenvalue weighted by molar-refractivity contribution is -0.137. The van der Waals surface area contributed by atoms with Crippen LogP contribution in [0.2, 0.25) is 0 Å². The molecule has 0 spiro atoms. The van der Waals surface area contributed by atoms with Crippen LogP contribution in [0.4, 0.5) is 30.6 Å². The first-order valence-corrected chi connectivity index (χ1v) is 8.13. The Balaban J connectivity index is 2.08. The fraction of sp³-hybridized carbons (Fsp3) is 0.200. The fourth-order valence-corrected chi connectivity index (χ4v) is 2.77. The quantitative estimate of drug-likeness (QED) is 0.398. The molecule has 11 heteroatoms. The van der Waals surface area contributed by atoms with Gasteiger partial charge in [-0.3, -0.25) is 9.59 Å². The zero-order valence-corrected chi connectivity index (χ0v) is 14.2. The Morgan fingerprint density at radius 3 is 2.69 bits per heavy atom. The molecule has 0 aliphatic heterocycles. The molecule has 0 aliphatic carbocycles. The summed E-state index contributed by atoms with van der Waals surface area (Å²) in [6.07, 6.45) is -3.98. The highest BCUT2D eigenvalue weighted by Crippen LogP contribution is 2.31. The van der Waals surface area contributed by atoms with E-state index in [1.807, 2.05) is 0 Å². The molecule has 0 bridgehead atoms. The number of rotatable bonds is 6. The van der Waals surface area contributed by atoms with Crippen molar-refractivity contribution in [2.24, 2.45) is 0 Å². The molecular weight excluding hydrogens is 371 g/mol. The molecule has 4 N–H and O–H groups in total. The normalized spacial score (nSPS) is 11.1. The van der Waals surface area contributed by atoms with E-state index in [1.165, 1.54) is 12.1 Å². The zero-order valence-electron chi connectivity index (χ0n) is 13.4. The van der Waals surface area contributed by atoms with Gasteiger partial charge in [0.15, 0.2) is 6.29 Å². The third-order valence-corrected chi connectivity index (χ3v) is 4.09. The van der Waals surface area contributed by atoms with E-state index in [0.29, 0.717) is 6.29 Å². The number of hydrogen-bond donors (Lipinski definition) is 3. The van der Waals surface area contributed by atoms with Crippen LogP contribution in [-0.2, 0) is 11.0 Å². The maximum absolute atomic E-state index is 12.7. The summed E-state index contributed by atoms with van der Waals surface area (Å²) in [6.45, 7) is 0. The minimum atomic E-state index is -4.50. The lowest BCUT2D eigenvalue weighted by Gasteiger charge is -2.11. The number of alkyl halides is 3. The van der Waals surface area contributed by atoms with Crippen molar-refractivity contribution in [2.45, 2.75) is 11.2 Å². The highest BCUT2D eigenvalue weighted by atomic mass is 32.2. The molecule has 2 rings (SSSR count). The Morgan fingerprint density at radius 1 is 1.35 bits per heavy atom. The first-order chi connectivity index (χ1) is 12.2. The van der Waals surface area contributed by atoms with Gasteiger partial charge in [-0.15, -0.1) is 0 Å². The summed E-state index contributed by atoms with van der Waals surface area (Å²) in [4.78, 5) is 31.0. The second-order valence-corrected chi connectivity index (χ2v) is 5.90. The zero-order chi connectivity index (χ0) is 19.3. The number of carbonyl (C=O) groups is 2. The molecule has 0 unspecified atom stereocenters. The number of benzene rings is 1. The predicted molar refractivity (Wildman–Crippen MR) is 92.2 cm³/mol. The van der Waals surface area contributed by atoms with Gasteiger partial charge in [-0.05, 0) is 18.2 Å². The third-order valence-electron chi connectivity index (χ3n) is 3.10. The largest absolute Gasteiger partial charge is 0.416 e. The number of anilines is 3. The van der Waals surface area contributed by atoms with E-state index >= 15 is 0 Å². The van der Waals surface area contributed by atoms with Crippen molar-refractivity contribution in [3.8, 4) is 0 Å². The highest BCUT2D eigenvalue weighted by Gasteiger charge is 2.30. The molecule has 0 radical (unpaired) electrons. The maximum atomic E-state index is 12.7. The van der Waals surface area contributed by atoms with E-state index in [9.17, 15) is 22.8 Å². The van der Waals surface area contributed by atoms with Gasteiger partial charge in [0.25, 0.3) is 0 Å². The van der Waals surface area contributed by atoms with Crippen molar-refractivity contribution >= 4 is 41.4 Å². The molecule has 1 amide bonds. The lowest BCUT2D eigenvalue weighted by Crippen LogP contribution is -2.15. The summed E-state index contributed by atoms with van der Waals surface area (Å²) in [5.41, 5.74) is 4.83. The van der Waals surface area contributed by atoms with Crippen LogP contribution in [0.5, 0.6) is 0 Å². The minimum absolute atomic E-state index is 0.0131. The van der Waals surface area contributed by atoms with E-state index < -0.39 is 17.6 Å². The molecule has 0 aliphatic rings. The van der Waals surface area contributed by atoms with Crippen LogP contribution in [0.25, 0.3) is 0 Å². The highest BCUT2D eigenvalue weighted by molar-refractivity contribution is 8.00. The molecule has 1 heterocycles. The number of carbonyl (C=O) groups excluding carboxylic acids is 2. The van der Waals surface area contributed by atoms with Crippen molar-refractivity contribution in [2.75, 3.05) is 29.2 Å². The molecule has 0 fully saturated rings. The molecule has 1 aromatic carbocycles. The van der Waals surface area contributed by atoms with Crippen molar-refractivity contribution in [3.05, 3.63) is 35.4 Å². The average Bonchev–Trinajstić information content (AvgIpc) is 2.58. The maximum Gasteiger partial charge on any atom is 0.416 e. The number of aldehydes is 1. The number of nitrogens with one attached hydrogen (secondary N) is 2. The van der Waals surface area contributed by atoms with Crippen LogP contribution in [-0.4, -0.2) is 35.0 Å². The van der Waals surface area contributed by atoms with Crippen molar-refractivity contribution < 1.29 is 22.8 Å². The molecule has 0 saturated heterocycles. The monoisotopic (exact) mass is 385 g/mol. The Labute approximate surface area is 150 Å². The van der Waals surface area contributed by atoms with E-state index in [0.717, 1.165) is 23.9 Å². The van der Waals surface area contributed by atoms with Crippen molar-refractivity contribution in [1.82, 2.24) is 9.97 Å². The molecule has 26 heavy (non-hydrogen) atoms. The Kier molecular flexibility index (Phi) is 6.03. The van der Waals surface area contributed by atoms with E-state index in [2.05, 4.69) is 20.6 Å². The summed E-state index contributed by atoms with van der Waals surface area (Å²) in [6, 6.07) is 4.28. The SMILES string of the molecule is CNc1nc(N)nc(SCC(=O)Nc2cccc(C(F)(F)F)c2)c1C=O. The summed E-state index contributed by atoms with van der Waals surface area (Å²) in [7, 11) is 1.55. The van der Waals surface area contributed by atoms with Crippen LogP contribution in [0, 0.1) is 0 Å². The molecule has 0 saturated carbocycles. The molecular formula is C15H14F3N5O2S. The van der Waals surface area contributed by atoms with Gasteiger partial charge in [0.05, 0.1) is 16.9 Å². The van der Waals surface area contributed by atoms with E-state index in [-0.39, 0.29) is 33.8 Å². The first kappa shape index (κ1) is 19.5. The van der Waals surface area contributed by atoms with Gasteiger partial charge in [0.1, 0.15) is 10.8 Å². The Hall–Kier alpha value is -2.82. The van der Waals surface area contributed by atoms with Crippen LogP contribution in [0.15, 0.2) is 29.3 Å². The smallest absolute Gasteiger partial charge is 0.372 e. The second-order valence-electron chi connectivity index (χ2n) is 4.93. The van der Waals surface area contributed by atoms with Gasteiger partial charge in [0, 0.05) is 12.7 Å². The first-order valence-electron chi connectivity index (χ1n) is 7.15. The number of halogens is 3. The number of aromatic nitrogens is 2. The Bertz CT molecular complexity index is 829. The summed E-state index contributed by atoms with van der Waals surface area (Å²) in [5, 5.41) is 5.25. The third kappa shape index (κ3) is 4.85. The predicted octanol–water partition coefficient (Wildman–Crippen LogP) is 2.66. The Morgan fingerprint density at radius 2 is 2.08 bits per heavy atom. The molecule has 0 atom stereocenters. The number of nitrogens with zero attached hydrogens (tertiary/aromatic N) is 2. The van der Waals surface area contributed by atoms with Crippen molar-refractivity contribution in [1.29, 1.82) is 0 Å². The molecule has 138 valence electrons. The summed E-state index contributed by atoms with van der Waals surface area (Å²) < 4.78 is 38.1. The molecule has 7 nitrogen and oxygen atoms in total. The van der Waals surface area contributed by atoms with E-state index in [4.69, 9.17) is 5.73 Å². The number of thioether (sulfide) groups is 1. The number of amides is 1. The topological polar surface area (TPSA) is 110 Å². The van der Waals surface area contributed by atoms with Crippen LogP contribution < -0.4 is 16.4 Å². The van der Waals surface area contributed by atoms with Crippen molar-refractivity contribution in [3.63, 3.8) is 0 Å². The number of nitrogens with two attached hydrogens (primary N) is 1. The number of nitrogen functional groups attached to an aromatic ring is 1. The van der Waals surface area contributed by atoms with Gasteiger partial charge < -0.3 is 16.4 Å². The molecule has 1 aromatic heterocycles. The standard InChI is InChI=1S/C15H14F3N5O2S/c1-20-12-10(6-24)13(23-14(19)22-12)26-7-11(25)21-9-4-2-3-8(5-9)15(16,17)18/h2-6H,7H2,1H3,(H,21,25)(H3,19,20,22,23). The second kappa shape index (κ2) is 8.04. The summed E-state index contributed by atoms with van der Waals surface area (Å²) in [5.74, 6) is -0.611. The lowest BCUT2D eigenvalue weighted by atomic mass is 10.2. The van der Waals surface area contributed by atoms with Gasteiger partial charge in [-0.2, -0.15) is 18.2 Å². The van der Waals surface area contributed by atoms with Crippen LogP contribution >= 0.6 is 11.8 Å². The van der Waals surface area contributed by atoms with Gasteiger partial charge in [0.2, 0.25) is 11.9 Å². The minimum Gasteiger partial charge on any atom is -0.372 e. The van der Waals surface area contributed by atoms with E-state index in [1.54, 1.807) is 7.05 Å². The van der Waals surface area contributed by atoms with Gasteiger partial charge in [-0.1, -0.05) is 17.8 Å². The summed E-state index contributed by atoms with van der Waals surface area (Å²) >= 11 is 0.916. The van der Waals surface area contributed by atoms with Crippen LogP contribution in [0.3, 0.4) is 0 Å². The van der Waals surface area contributed by atoms with Crippen LogP contribution in [0.1, 0.15) is 15.9 Å². The fourth-order valence-electron chi connectivity index (χ4n) is 1.98. The average molecular weight is 385 g/mol. The molecule has 2 aromatic rings. The van der Waals surface area contributed by atoms with Gasteiger partial charge >= 0.3 is 6.18 Å².